The number of ether oxygens (including phenoxy) is 2. The molecule has 0 radical (unpaired) electrons. The van der Waals surface area contributed by atoms with Crippen LogP contribution < -0.4 is 9.47 Å². The summed E-state index contributed by atoms with van der Waals surface area (Å²) in [5.74, 6) is 2.60. The molecule has 0 saturated carbocycles. The van der Waals surface area contributed by atoms with Gasteiger partial charge in [-0.25, -0.2) is 0 Å². The molecule has 4 heterocycles. The van der Waals surface area contributed by atoms with Gasteiger partial charge < -0.3 is 4.74 Å². The van der Waals surface area contributed by atoms with Gasteiger partial charge in [-0.1, -0.05) is 44.2 Å². The van der Waals surface area contributed by atoms with E-state index in [0.717, 1.165) is 93.6 Å². The molecule has 11 aromatic rings. The Morgan fingerprint density at radius 2 is 1.18 bits per heavy atom. The van der Waals surface area contributed by atoms with E-state index in [0.29, 0.717) is 29.5 Å². The number of hydrogen-bond donors (Lipinski definition) is 0. The minimum atomic E-state index is -2.40. The van der Waals surface area contributed by atoms with Crippen molar-refractivity contribution in [2.24, 2.45) is 0 Å². The molecule has 1 aliphatic heterocycles. The van der Waals surface area contributed by atoms with E-state index < -0.39 is 6.85 Å². The summed E-state index contributed by atoms with van der Waals surface area (Å²) < 4.78 is 46.9. The molecule has 1 aliphatic rings. The second-order valence-electron chi connectivity index (χ2n) is 17.8. The molecule has 0 amide bonds. The number of benzene rings is 8. The van der Waals surface area contributed by atoms with E-state index in [9.17, 15) is 0 Å². The van der Waals surface area contributed by atoms with Gasteiger partial charge >= 0.3 is 294 Å². The number of pyridine rings is 1. The molecule has 0 fully saturated rings. The van der Waals surface area contributed by atoms with E-state index >= 15 is 0 Å². The van der Waals surface area contributed by atoms with Gasteiger partial charge in [-0.15, -0.1) is 0 Å². The molecule has 0 spiro atoms. The Labute approximate surface area is 404 Å². The van der Waals surface area contributed by atoms with E-state index in [1.807, 2.05) is 59.2 Å². The Balaban J connectivity index is 1.00. The third-order valence-electron chi connectivity index (χ3n) is 13.2. The second kappa shape index (κ2) is 16.4. The predicted octanol–water partition coefficient (Wildman–Crippen LogP) is 15.2. The Kier molecular flexibility index (Phi) is 9.23. The van der Waals surface area contributed by atoms with E-state index in [4.69, 9.17) is 18.6 Å². The third-order valence-corrected chi connectivity index (χ3v) is 14.2. The monoisotopic (exact) mass is 1050 g/mol. The van der Waals surface area contributed by atoms with Crippen LogP contribution in [-0.2, 0) is 24.8 Å². The van der Waals surface area contributed by atoms with Crippen molar-refractivity contribution in [2.75, 3.05) is 6.61 Å². The SMILES string of the molecule is [2H]C([2H])([2H])c1cc(-n2c3cc(Oc4cccc(-n5[c](=[Pt])n(-c6c(-c7ccccc7)cccc6-c6ccccc6)c6ccccc65)c4)ccc3c3cc4c(cc32)OCCC4(C)C)ncc1-c1ccccc1. The molecule has 3 aromatic heterocycles. The van der Waals surface area contributed by atoms with Gasteiger partial charge in [0, 0.05) is 21.4 Å². The molecule has 6 nitrogen and oxygen atoms in total. The quantitative estimate of drug-likeness (QED) is 0.152. The summed E-state index contributed by atoms with van der Waals surface area (Å²) in [6, 6.07) is 66.3. The standard InChI is InChI=1S/C60H46N4O2.Pt/c1-40-33-58(61-38-51(40)43-21-11-6-12-22-43)64-55-35-46(29-30-49(55)50-36-52-57(37-56(50)64)65-32-31-60(52,2)3)66-45-24-15-23-44(34-45)62-39-63(54-28-14-13-27-53(54)62)59-47(41-17-7-4-8-18-41)25-16-26-48(59)42-19-9-5-10-20-42;/h4-30,33-38H,31-32H2,1-3H3;/i1D3;. The number of imidazole rings is 1. The molecule has 0 atom stereocenters. The first-order valence-electron chi connectivity index (χ1n) is 24.0. The Hall–Kier alpha value is -7.53. The summed E-state index contributed by atoms with van der Waals surface area (Å²) in [6.07, 6.45) is 2.59. The molecule has 67 heavy (non-hydrogen) atoms. The molecule has 0 saturated heterocycles. The van der Waals surface area contributed by atoms with E-state index in [1.165, 1.54) is 0 Å². The van der Waals surface area contributed by atoms with E-state index in [2.05, 4.69) is 176 Å². The molecule has 0 N–H and O–H groups in total. The van der Waals surface area contributed by atoms with Gasteiger partial charge in [0.05, 0.1) is 6.61 Å². The minimum Gasteiger partial charge on any atom is -0.493 e. The first-order chi connectivity index (χ1) is 34.0. The number of aromatic nitrogens is 4. The number of aryl methyl sites for hydroxylation is 1. The average molecular weight is 1050 g/mol. The van der Waals surface area contributed by atoms with Crippen LogP contribution in [0, 0.1) is 10.7 Å². The zero-order valence-electron chi connectivity index (χ0n) is 39.9. The second-order valence-corrected chi connectivity index (χ2v) is 18.8. The van der Waals surface area contributed by atoms with Gasteiger partial charge in [-0.2, -0.15) is 0 Å². The Morgan fingerprint density at radius 3 is 1.87 bits per heavy atom. The molecule has 0 bridgehead atoms. The van der Waals surface area contributed by atoms with Crippen molar-refractivity contribution < 1.29 is 32.9 Å². The normalized spacial score (nSPS) is 14.1. The number of para-hydroxylation sites is 3. The maximum atomic E-state index is 8.66. The van der Waals surface area contributed by atoms with Crippen molar-refractivity contribution in [3.05, 3.63) is 215 Å². The third kappa shape index (κ3) is 7.06. The smallest absolute Gasteiger partial charge is 0.493 e. The first-order valence-corrected chi connectivity index (χ1v) is 23.7. The molecule has 7 heteroatoms. The van der Waals surface area contributed by atoms with Gasteiger partial charge in [0.15, 0.2) is 0 Å². The molecule has 0 unspecified atom stereocenters. The maximum absolute atomic E-state index is 8.66. The number of rotatable bonds is 8. The zero-order chi connectivity index (χ0) is 47.7. The molecular weight excluding hydrogens is 1000 g/mol. The summed E-state index contributed by atoms with van der Waals surface area (Å²) >= 11 is 2.47. The minimum absolute atomic E-state index is 0.0914. The van der Waals surface area contributed by atoms with Crippen LogP contribution in [0.1, 0.15) is 35.5 Å². The van der Waals surface area contributed by atoms with Crippen LogP contribution in [0.5, 0.6) is 17.2 Å². The van der Waals surface area contributed by atoms with Gasteiger partial charge in [-0.05, 0) is 29.8 Å². The summed E-state index contributed by atoms with van der Waals surface area (Å²) in [5, 5.41) is 2.02. The Bertz CT molecular complexity index is 3820. The predicted molar refractivity (Wildman–Crippen MR) is 269 cm³/mol. The zero-order valence-corrected chi connectivity index (χ0v) is 39.2. The average Bonchev–Trinajstić information content (AvgIpc) is 3.85. The van der Waals surface area contributed by atoms with Crippen molar-refractivity contribution in [2.45, 2.75) is 32.5 Å². The van der Waals surface area contributed by atoms with E-state index in [-0.39, 0.29) is 11.0 Å². The number of hydrogen-bond acceptors (Lipinski definition) is 3. The summed E-state index contributed by atoms with van der Waals surface area (Å²) in [7, 11) is 0. The van der Waals surface area contributed by atoms with Crippen LogP contribution in [-0.4, -0.2) is 25.3 Å². The summed E-state index contributed by atoms with van der Waals surface area (Å²) in [6.45, 7) is 2.73. The first kappa shape index (κ1) is 37.7. The van der Waals surface area contributed by atoms with Crippen molar-refractivity contribution in [1.29, 1.82) is 0 Å². The summed E-state index contributed by atoms with van der Waals surface area (Å²) in [5.41, 5.74) is 13.0. The van der Waals surface area contributed by atoms with Gasteiger partial charge in [0.1, 0.15) is 5.75 Å². The Morgan fingerprint density at radius 1 is 0.567 bits per heavy atom. The van der Waals surface area contributed by atoms with E-state index in [1.54, 1.807) is 12.3 Å². The fourth-order valence-corrected chi connectivity index (χ4v) is 10.9. The topological polar surface area (TPSA) is 46.1 Å². The molecule has 12 rings (SSSR count). The van der Waals surface area contributed by atoms with Crippen LogP contribution in [0.3, 0.4) is 0 Å². The van der Waals surface area contributed by atoms with Gasteiger partial charge in [0.2, 0.25) is 0 Å². The van der Waals surface area contributed by atoms with Crippen molar-refractivity contribution in [3.8, 4) is 67.8 Å². The molecular formula is C60H46N4O2Pt. The van der Waals surface area contributed by atoms with Crippen LogP contribution >= 0.6 is 0 Å². The van der Waals surface area contributed by atoms with Crippen LogP contribution in [0.15, 0.2) is 200 Å². The number of fused-ring (bicyclic) bond motifs is 5. The van der Waals surface area contributed by atoms with Crippen LogP contribution in [0.2, 0.25) is 0 Å². The molecule has 328 valence electrons. The van der Waals surface area contributed by atoms with Gasteiger partial charge in [-0.3, -0.25) is 0 Å². The van der Waals surface area contributed by atoms with Crippen molar-refractivity contribution in [3.63, 3.8) is 0 Å². The fraction of sp³-hybridized carbons (Fsp3) is 0.100. The fourth-order valence-electron chi connectivity index (χ4n) is 9.83. The van der Waals surface area contributed by atoms with Crippen molar-refractivity contribution in [1.82, 2.24) is 18.7 Å². The van der Waals surface area contributed by atoms with Gasteiger partial charge in [0.25, 0.3) is 0 Å². The molecule has 0 aliphatic carbocycles. The summed E-state index contributed by atoms with van der Waals surface area (Å²) in [4.78, 5) is 5.00. The van der Waals surface area contributed by atoms with Crippen LogP contribution in [0.25, 0.3) is 83.4 Å². The van der Waals surface area contributed by atoms with Crippen LogP contribution in [0.4, 0.5) is 0 Å². The number of nitrogens with zero attached hydrogens (tertiary/aromatic N) is 4. The van der Waals surface area contributed by atoms with Crippen molar-refractivity contribution >= 4 is 32.8 Å². The molecule has 8 aromatic carbocycles.